The number of nitrogens with two attached hydrogens (primary N) is 1. The molecule has 0 radical (unpaired) electrons. The van der Waals surface area contributed by atoms with Crippen molar-refractivity contribution in [2.45, 2.75) is 44.6 Å². The zero-order valence-corrected chi connectivity index (χ0v) is 18.1. The number of ether oxygens (including phenoxy) is 1. The number of aryl methyl sites for hydroxylation is 1. The number of nitrogens with zero attached hydrogens (tertiary/aromatic N) is 4. The summed E-state index contributed by atoms with van der Waals surface area (Å²) in [5.41, 5.74) is 11.9. The Hall–Kier alpha value is -3.13. The number of benzene rings is 1. The van der Waals surface area contributed by atoms with E-state index in [0.29, 0.717) is 29.8 Å². The number of anilines is 1. The van der Waals surface area contributed by atoms with E-state index in [1.165, 1.54) is 6.07 Å². The average Bonchev–Trinajstić information content (AvgIpc) is 3.46. The molecule has 7 nitrogen and oxygen atoms in total. The monoisotopic (exact) mass is 432 g/mol. The molecule has 0 spiro atoms. The maximum atomic E-state index is 14.5. The van der Waals surface area contributed by atoms with Gasteiger partial charge in [-0.3, -0.25) is 0 Å². The molecule has 1 unspecified atom stereocenters. The molecule has 3 N–H and O–H groups in total. The molecule has 6 rings (SSSR count). The Kier molecular flexibility index (Phi) is 4.40. The Morgan fingerprint density at radius 3 is 2.59 bits per heavy atom. The molecule has 8 heteroatoms. The summed E-state index contributed by atoms with van der Waals surface area (Å²) in [6.45, 7) is 1.82. The second kappa shape index (κ2) is 7.20. The Morgan fingerprint density at radius 2 is 1.91 bits per heavy atom. The van der Waals surface area contributed by atoms with Crippen LogP contribution >= 0.6 is 0 Å². The van der Waals surface area contributed by atoms with Crippen LogP contribution in [0.1, 0.15) is 48.0 Å². The number of rotatable bonds is 4. The highest BCUT2D eigenvalue weighted by Gasteiger charge is 2.47. The molecule has 2 fully saturated rings. The molecule has 4 atom stereocenters. The van der Waals surface area contributed by atoms with Crippen LogP contribution in [0.15, 0.2) is 24.5 Å². The minimum atomic E-state index is -0.265. The molecular weight excluding hydrogens is 407 g/mol. The fourth-order valence-electron chi connectivity index (χ4n) is 5.87. The number of fused-ring (bicyclic) bond motifs is 5. The third-order valence-electron chi connectivity index (χ3n) is 7.32. The lowest BCUT2D eigenvalue weighted by atomic mass is 9.82. The Morgan fingerprint density at radius 1 is 1.09 bits per heavy atom. The Bertz CT molecular complexity index is 1210. The molecule has 0 saturated heterocycles. The van der Waals surface area contributed by atoms with Crippen LogP contribution < -0.4 is 15.8 Å². The summed E-state index contributed by atoms with van der Waals surface area (Å²) in [5, 5.41) is 3.13. The van der Waals surface area contributed by atoms with Gasteiger partial charge in [-0.2, -0.15) is 9.97 Å². The van der Waals surface area contributed by atoms with Crippen molar-refractivity contribution in [1.82, 2.24) is 19.9 Å². The van der Waals surface area contributed by atoms with Crippen molar-refractivity contribution >= 4 is 5.69 Å². The molecular formula is C24H25FN6O. The predicted octanol–water partition coefficient (Wildman–Crippen LogP) is 3.96. The second-order valence-corrected chi connectivity index (χ2v) is 9.19. The van der Waals surface area contributed by atoms with Gasteiger partial charge in [-0.05, 0) is 61.3 Å². The fraction of sp³-hybridized carbons (Fsp3) is 0.417. The van der Waals surface area contributed by atoms with E-state index in [1.54, 1.807) is 18.5 Å². The van der Waals surface area contributed by atoms with Gasteiger partial charge in [0, 0.05) is 36.7 Å². The van der Waals surface area contributed by atoms with E-state index in [2.05, 4.69) is 15.3 Å². The van der Waals surface area contributed by atoms with Crippen molar-refractivity contribution < 1.29 is 9.13 Å². The molecule has 2 saturated carbocycles. The number of hydrogen-bond acceptors (Lipinski definition) is 7. The molecule has 1 aromatic carbocycles. The Balaban J connectivity index is 1.48. The molecule has 0 amide bonds. The van der Waals surface area contributed by atoms with Crippen molar-refractivity contribution in [3.05, 3.63) is 53.1 Å². The third-order valence-corrected chi connectivity index (χ3v) is 7.32. The summed E-state index contributed by atoms with van der Waals surface area (Å²) in [6.07, 6.45) is 7.00. The fourth-order valence-corrected chi connectivity index (χ4v) is 5.87. The summed E-state index contributed by atoms with van der Waals surface area (Å²) in [7, 11) is 1.81. The number of halogens is 1. The molecule has 3 aromatic rings. The highest BCUT2D eigenvalue weighted by atomic mass is 19.1. The largest absolute Gasteiger partial charge is 0.421 e. The SMILES string of the molecule is CNc1cc(F)cc2c1Cc1nc(Oc3cnc(C)nc3)nc(C3C[C@H]4C[C@@H]3C[C@H]4N)c1-2. The van der Waals surface area contributed by atoms with Crippen molar-refractivity contribution in [2.75, 3.05) is 12.4 Å². The number of aromatic nitrogens is 4. The van der Waals surface area contributed by atoms with E-state index in [0.717, 1.165) is 53.0 Å². The van der Waals surface area contributed by atoms with Crippen LogP contribution in [-0.4, -0.2) is 33.0 Å². The van der Waals surface area contributed by atoms with Gasteiger partial charge in [0.2, 0.25) is 0 Å². The summed E-state index contributed by atoms with van der Waals surface area (Å²) in [5.74, 6) is 2.19. The first-order valence-electron chi connectivity index (χ1n) is 11.1. The van der Waals surface area contributed by atoms with Gasteiger partial charge in [-0.25, -0.2) is 14.4 Å². The number of hydrogen-bond donors (Lipinski definition) is 2. The van der Waals surface area contributed by atoms with Crippen LogP contribution in [0.3, 0.4) is 0 Å². The van der Waals surface area contributed by atoms with Crippen LogP contribution in [-0.2, 0) is 6.42 Å². The van der Waals surface area contributed by atoms with Gasteiger partial charge in [-0.15, -0.1) is 0 Å². The molecule has 3 aliphatic rings. The first-order valence-corrected chi connectivity index (χ1v) is 11.1. The topological polar surface area (TPSA) is 98.8 Å². The predicted molar refractivity (Wildman–Crippen MR) is 118 cm³/mol. The van der Waals surface area contributed by atoms with Crippen molar-refractivity contribution in [3.63, 3.8) is 0 Å². The molecule has 0 aliphatic heterocycles. The standard InChI is InChI=1S/C24H25FN6O/c1-11-28-9-15(10-29-11)32-24-30-21-8-17-18(6-14(25)7-20(17)27-2)22(21)23(31-24)16-4-13-3-12(16)5-19(13)26/h6-7,9-10,12-13,16,19,27H,3-5,8,26H2,1-2H3/t12-,13-,16?,19-/m1/s1. The summed E-state index contributed by atoms with van der Waals surface area (Å²) in [4.78, 5) is 18.0. The van der Waals surface area contributed by atoms with Gasteiger partial charge in [0.25, 0.3) is 0 Å². The summed E-state index contributed by atoms with van der Waals surface area (Å²) in [6, 6.07) is 3.71. The second-order valence-electron chi connectivity index (χ2n) is 9.19. The first kappa shape index (κ1) is 19.5. The van der Waals surface area contributed by atoms with Gasteiger partial charge >= 0.3 is 6.01 Å². The lowest BCUT2D eigenvalue weighted by Crippen LogP contribution is -2.29. The van der Waals surface area contributed by atoms with Crippen molar-refractivity contribution in [3.8, 4) is 22.9 Å². The Labute approximate surface area is 185 Å². The van der Waals surface area contributed by atoms with Gasteiger partial charge in [0.05, 0.1) is 23.8 Å². The van der Waals surface area contributed by atoms with Gasteiger partial charge < -0.3 is 15.8 Å². The van der Waals surface area contributed by atoms with Crippen LogP contribution in [0.5, 0.6) is 11.8 Å². The minimum absolute atomic E-state index is 0.265. The summed E-state index contributed by atoms with van der Waals surface area (Å²) < 4.78 is 20.5. The molecule has 2 aromatic heterocycles. The molecule has 164 valence electrons. The smallest absolute Gasteiger partial charge is 0.322 e. The van der Waals surface area contributed by atoms with E-state index >= 15 is 0 Å². The highest BCUT2D eigenvalue weighted by Crippen LogP contribution is 2.55. The average molecular weight is 433 g/mol. The molecule has 2 bridgehead atoms. The van der Waals surface area contributed by atoms with Gasteiger partial charge in [0.1, 0.15) is 11.6 Å². The zero-order valence-electron chi connectivity index (χ0n) is 18.1. The van der Waals surface area contributed by atoms with Crippen molar-refractivity contribution in [1.29, 1.82) is 0 Å². The van der Waals surface area contributed by atoms with E-state index < -0.39 is 0 Å². The number of nitrogens with one attached hydrogen (secondary N) is 1. The molecule has 32 heavy (non-hydrogen) atoms. The molecule has 2 heterocycles. The van der Waals surface area contributed by atoms with Crippen LogP contribution in [0.25, 0.3) is 11.1 Å². The quantitative estimate of drug-likeness (QED) is 0.504. The van der Waals surface area contributed by atoms with E-state index in [4.69, 9.17) is 20.4 Å². The molecule has 3 aliphatic carbocycles. The maximum absolute atomic E-state index is 14.5. The van der Waals surface area contributed by atoms with E-state index in [1.807, 2.05) is 14.0 Å². The lowest BCUT2D eigenvalue weighted by molar-refractivity contribution is 0.365. The van der Waals surface area contributed by atoms with Crippen LogP contribution in [0, 0.1) is 24.6 Å². The third kappa shape index (κ3) is 3.04. The van der Waals surface area contributed by atoms with Gasteiger partial charge in [-0.1, -0.05) is 0 Å². The summed E-state index contributed by atoms with van der Waals surface area (Å²) >= 11 is 0. The lowest BCUT2D eigenvalue weighted by Gasteiger charge is -2.27. The highest BCUT2D eigenvalue weighted by molar-refractivity contribution is 5.83. The van der Waals surface area contributed by atoms with Crippen LogP contribution in [0.2, 0.25) is 0 Å². The van der Waals surface area contributed by atoms with Crippen LogP contribution in [0.4, 0.5) is 10.1 Å². The van der Waals surface area contributed by atoms with Gasteiger partial charge in [0.15, 0.2) is 5.75 Å². The van der Waals surface area contributed by atoms with Crippen molar-refractivity contribution in [2.24, 2.45) is 17.6 Å². The zero-order chi connectivity index (χ0) is 22.0. The van der Waals surface area contributed by atoms with E-state index in [-0.39, 0.29) is 23.8 Å². The maximum Gasteiger partial charge on any atom is 0.322 e. The van der Waals surface area contributed by atoms with E-state index in [9.17, 15) is 4.39 Å². The minimum Gasteiger partial charge on any atom is -0.421 e. The first-order chi connectivity index (χ1) is 15.5. The normalized spacial score (nSPS) is 25.0.